The van der Waals surface area contributed by atoms with Gasteiger partial charge in [0.15, 0.2) is 0 Å². The molecule has 0 radical (unpaired) electrons. The molecule has 184 valence electrons. The summed E-state index contributed by atoms with van der Waals surface area (Å²) < 4.78 is 33.2. The first-order chi connectivity index (χ1) is 16.3. The van der Waals surface area contributed by atoms with Gasteiger partial charge in [-0.25, -0.2) is 12.7 Å². The maximum absolute atomic E-state index is 13.1. The molecule has 2 heterocycles. The number of benzene rings is 2. The van der Waals surface area contributed by atoms with E-state index in [4.69, 9.17) is 27.9 Å². The number of nitrogens with zero attached hydrogens (tertiary/aromatic N) is 1. The number of carbonyl (C=O) groups excluding carboxylic acids is 1. The van der Waals surface area contributed by atoms with Gasteiger partial charge in [-0.05, 0) is 48.9 Å². The smallest absolute Gasteiger partial charge is 0.224 e. The van der Waals surface area contributed by atoms with Crippen molar-refractivity contribution in [2.45, 2.75) is 36.9 Å². The summed E-state index contributed by atoms with van der Waals surface area (Å²) in [6, 6.07) is 15.0. The number of sulfonamides is 1. The number of hydrogen-bond donors (Lipinski definition) is 1. The second-order valence-corrected chi connectivity index (χ2v) is 12.0. The van der Waals surface area contributed by atoms with Crippen molar-refractivity contribution in [1.29, 1.82) is 0 Å². The quantitative estimate of drug-likeness (QED) is 0.582. The van der Waals surface area contributed by atoms with E-state index in [9.17, 15) is 13.2 Å². The topological polar surface area (TPSA) is 75.7 Å². The molecule has 0 saturated carbocycles. The molecule has 0 bridgehead atoms. The maximum atomic E-state index is 13.1. The Morgan fingerprint density at radius 2 is 1.85 bits per heavy atom. The van der Waals surface area contributed by atoms with Crippen LogP contribution in [0.2, 0.25) is 10.0 Å². The largest absolute Gasteiger partial charge is 0.381 e. The zero-order valence-electron chi connectivity index (χ0n) is 19.0. The monoisotopic (exact) mass is 524 g/mol. The van der Waals surface area contributed by atoms with Gasteiger partial charge in [0, 0.05) is 48.3 Å². The summed E-state index contributed by atoms with van der Waals surface area (Å²) in [7, 11) is -3.62. The molecule has 4 rings (SSSR count). The molecule has 1 N–H and O–H groups in total. The van der Waals surface area contributed by atoms with Crippen LogP contribution in [0.1, 0.15) is 36.8 Å². The zero-order chi connectivity index (χ0) is 24.2. The highest BCUT2D eigenvalue weighted by atomic mass is 35.5. The molecule has 1 amide bonds. The van der Waals surface area contributed by atoms with Crippen molar-refractivity contribution in [2.75, 3.05) is 32.8 Å². The van der Waals surface area contributed by atoms with Crippen LogP contribution in [-0.2, 0) is 30.7 Å². The predicted molar refractivity (Wildman–Crippen MR) is 135 cm³/mol. The maximum Gasteiger partial charge on any atom is 0.224 e. The number of carbonyl (C=O) groups is 1. The highest BCUT2D eigenvalue weighted by Crippen LogP contribution is 2.34. The molecular weight excluding hydrogens is 495 g/mol. The third kappa shape index (κ3) is 5.94. The highest BCUT2D eigenvalue weighted by molar-refractivity contribution is 7.88. The SMILES string of the molecule is O=C(NCC1(c2ccccc2)CCOCC1)[C@H]1CCCN(S(=O)(=O)Cc2ccc(Cl)cc2Cl)C1. The molecular formula is C25H30Cl2N2O4S. The Morgan fingerprint density at radius 3 is 2.56 bits per heavy atom. The second-order valence-electron chi connectivity index (χ2n) is 9.17. The molecule has 2 aromatic carbocycles. The van der Waals surface area contributed by atoms with Gasteiger partial charge in [0.25, 0.3) is 0 Å². The van der Waals surface area contributed by atoms with Crippen molar-refractivity contribution in [3.8, 4) is 0 Å². The van der Waals surface area contributed by atoms with Crippen LogP contribution in [0.15, 0.2) is 48.5 Å². The van der Waals surface area contributed by atoms with E-state index in [1.807, 2.05) is 18.2 Å². The number of piperidine rings is 1. The summed E-state index contributed by atoms with van der Waals surface area (Å²) in [4.78, 5) is 13.1. The van der Waals surface area contributed by atoms with Gasteiger partial charge < -0.3 is 10.1 Å². The summed E-state index contributed by atoms with van der Waals surface area (Å²) >= 11 is 12.1. The standard InChI is InChI=1S/C25H30Cl2N2O4S/c26-22-9-8-20(23(27)15-22)17-34(31,32)29-12-4-5-19(16-29)24(30)28-18-25(10-13-33-14-11-25)21-6-2-1-3-7-21/h1-3,6-9,15,19H,4-5,10-14,16-18H2,(H,28,30)/t19-/m0/s1. The average molecular weight is 525 g/mol. The Hall–Kier alpha value is -1.64. The molecule has 0 aliphatic carbocycles. The summed E-state index contributed by atoms with van der Waals surface area (Å²) in [6.07, 6.45) is 2.99. The van der Waals surface area contributed by atoms with Crippen LogP contribution >= 0.6 is 23.2 Å². The highest BCUT2D eigenvalue weighted by Gasteiger charge is 2.37. The van der Waals surface area contributed by atoms with Gasteiger partial charge in [-0.2, -0.15) is 0 Å². The van der Waals surface area contributed by atoms with Gasteiger partial charge in [0.1, 0.15) is 0 Å². The first kappa shape index (κ1) is 25.5. The lowest BCUT2D eigenvalue weighted by Crippen LogP contribution is -2.49. The van der Waals surface area contributed by atoms with Crippen LogP contribution in [0.4, 0.5) is 0 Å². The van der Waals surface area contributed by atoms with Gasteiger partial charge in [-0.1, -0.05) is 59.6 Å². The van der Waals surface area contributed by atoms with Gasteiger partial charge in [0.2, 0.25) is 15.9 Å². The summed E-state index contributed by atoms with van der Waals surface area (Å²) in [6.45, 7) is 2.42. The first-order valence-electron chi connectivity index (χ1n) is 11.6. The molecule has 2 aromatic rings. The van der Waals surface area contributed by atoms with Gasteiger partial charge in [-0.3, -0.25) is 4.79 Å². The van der Waals surface area contributed by atoms with Crippen molar-refractivity contribution >= 4 is 39.1 Å². The second kappa shape index (κ2) is 11.0. The van der Waals surface area contributed by atoms with Crippen LogP contribution in [-0.4, -0.2) is 51.5 Å². The first-order valence-corrected chi connectivity index (χ1v) is 14.0. The summed E-state index contributed by atoms with van der Waals surface area (Å²) in [5.41, 5.74) is 1.54. The van der Waals surface area contributed by atoms with Crippen LogP contribution in [0.5, 0.6) is 0 Å². The predicted octanol–water partition coefficient (Wildman–Crippen LogP) is 4.40. The molecule has 1 atom stereocenters. The normalized spacial score (nSPS) is 21.2. The van der Waals surface area contributed by atoms with Crippen molar-refractivity contribution in [1.82, 2.24) is 9.62 Å². The van der Waals surface area contributed by atoms with Crippen LogP contribution < -0.4 is 5.32 Å². The molecule has 9 heteroatoms. The minimum Gasteiger partial charge on any atom is -0.381 e. The third-order valence-electron chi connectivity index (χ3n) is 6.94. The van der Waals surface area contributed by atoms with Crippen molar-refractivity contribution < 1.29 is 17.9 Å². The van der Waals surface area contributed by atoms with Crippen LogP contribution in [0.25, 0.3) is 0 Å². The molecule has 0 unspecified atom stereocenters. The molecule has 34 heavy (non-hydrogen) atoms. The van der Waals surface area contributed by atoms with E-state index < -0.39 is 10.0 Å². The van der Waals surface area contributed by atoms with Crippen molar-refractivity contribution in [3.63, 3.8) is 0 Å². The fourth-order valence-corrected chi connectivity index (χ4v) is 7.05. The Balaban J connectivity index is 1.41. The Morgan fingerprint density at radius 1 is 1.12 bits per heavy atom. The number of ether oxygens (including phenoxy) is 1. The molecule has 2 saturated heterocycles. The lowest BCUT2D eigenvalue weighted by Gasteiger charge is -2.38. The minimum atomic E-state index is -3.62. The molecule has 0 aromatic heterocycles. The Labute approximate surface area is 211 Å². The lowest BCUT2D eigenvalue weighted by atomic mass is 9.74. The average Bonchev–Trinajstić information content (AvgIpc) is 2.85. The number of rotatable bonds is 7. The summed E-state index contributed by atoms with van der Waals surface area (Å²) in [5, 5.41) is 3.93. The van der Waals surface area contributed by atoms with E-state index in [0.717, 1.165) is 12.8 Å². The van der Waals surface area contributed by atoms with E-state index in [2.05, 4.69) is 17.4 Å². The summed E-state index contributed by atoms with van der Waals surface area (Å²) in [5.74, 6) is -0.683. The molecule has 2 aliphatic rings. The zero-order valence-corrected chi connectivity index (χ0v) is 21.3. The number of hydrogen-bond acceptors (Lipinski definition) is 4. The van der Waals surface area contributed by atoms with Crippen LogP contribution in [0, 0.1) is 5.92 Å². The molecule has 0 spiro atoms. The van der Waals surface area contributed by atoms with E-state index in [1.54, 1.807) is 18.2 Å². The fraction of sp³-hybridized carbons (Fsp3) is 0.480. The van der Waals surface area contributed by atoms with E-state index in [-0.39, 0.29) is 29.5 Å². The van der Waals surface area contributed by atoms with Gasteiger partial charge in [0.05, 0.1) is 11.7 Å². The van der Waals surface area contributed by atoms with E-state index in [0.29, 0.717) is 54.8 Å². The molecule has 2 aliphatic heterocycles. The molecule has 2 fully saturated rings. The number of halogens is 2. The van der Waals surface area contributed by atoms with E-state index in [1.165, 1.54) is 9.87 Å². The minimum absolute atomic E-state index is 0.0915. The van der Waals surface area contributed by atoms with Gasteiger partial charge in [-0.15, -0.1) is 0 Å². The Bertz CT molecular complexity index is 1110. The molecule has 6 nitrogen and oxygen atoms in total. The number of nitrogens with one attached hydrogen (secondary N) is 1. The third-order valence-corrected chi connectivity index (χ3v) is 9.32. The fourth-order valence-electron chi connectivity index (χ4n) is 4.86. The van der Waals surface area contributed by atoms with Crippen LogP contribution in [0.3, 0.4) is 0 Å². The van der Waals surface area contributed by atoms with Crippen molar-refractivity contribution in [3.05, 3.63) is 69.7 Å². The Kier molecular flexibility index (Phi) is 8.20. The lowest BCUT2D eigenvalue weighted by molar-refractivity contribution is -0.126. The van der Waals surface area contributed by atoms with Crippen molar-refractivity contribution in [2.24, 2.45) is 5.92 Å². The van der Waals surface area contributed by atoms with Gasteiger partial charge >= 0.3 is 0 Å². The van der Waals surface area contributed by atoms with E-state index >= 15 is 0 Å². The number of amides is 1.